The zero-order chi connectivity index (χ0) is 5.11. The average Bonchev–Trinajstić information content (AvgIpc) is 1.69. The predicted octanol–water partition coefficient (Wildman–Crippen LogP) is 1.19. The summed E-state index contributed by atoms with van der Waals surface area (Å²) in [6.07, 6.45) is 2.71. The van der Waals surface area contributed by atoms with E-state index < -0.39 is 0 Å². The van der Waals surface area contributed by atoms with Gasteiger partial charge in [-0.3, -0.25) is 0 Å². The van der Waals surface area contributed by atoms with Crippen molar-refractivity contribution in [3.05, 3.63) is 30.1 Å². The molecular formula is C6H6NY-. The molecule has 1 radical (unpaired) electrons. The van der Waals surface area contributed by atoms with Crippen LogP contribution in [-0.2, 0) is 32.7 Å². The minimum Gasteiger partial charge on any atom is -0.391 e. The summed E-state index contributed by atoms with van der Waals surface area (Å²) in [6.45, 7) is 1.94. The number of aryl methyl sites for hydroxylation is 1. The van der Waals surface area contributed by atoms with Crippen LogP contribution in [0.5, 0.6) is 0 Å². The Morgan fingerprint density at radius 3 is 2.62 bits per heavy atom. The van der Waals surface area contributed by atoms with Crippen LogP contribution in [0.25, 0.3) is 0 Å². The molecule has 1 heterocycles. The van der Waals surface area contributed by atoms with Gasteiger partial charge in [0.2, 0.25) is 0 Å². The monoisotopic (exact) mass is 181 g/mol. The van der Waals surface area contributed by atoms with Crippen molar-refractivity contribution in [1.82, 2.24) is 4.98 Å². The van der Waals surface area contributed by atoms with Crippen molar-refractivity contribution in [2.45, 2.75) is 6.92 Å². The summed E-state index contributed by atoms with van der Waals surface area (Å²) in [7, 11) is 0. The number of hydrogen-bond acceptors (Lipinski definition) is 1. The molecule has 0 spiro atoms. The number of pyridine rings is 1. The maximum absolute atomic E-state index is 3.85. The van der Waals surface area contributed by atoms with Gasteiger partial charge in [0.15, 0.2) is 0 Å². The topological polar surface area (TPSA) is 12.9 Å². The first-order chi connectivity index (χ1) is 3.39. The van der Waals surface area contributed by atoms with Crippen LogP contribution in [-0.4, -0.2) is 4.98 Å². The second kappa shape index (κ2) is 4.16. The Morgan fingerprint density at radius 1 is 1.62 bits per heavy atom. The summed E-state index contributed by atoms with van der Waals surface area (Å²) in [5.74, 6) is 0. The van der Waals surface area contributed by atoms with E-state index in [1.807, 2.05) is 19.1 Å². The summed E-state index contributed by atoms with van der Waals surface area (Å²) in [6, 6.07) is 5.64. The Balaban J connectivity index is 0.000000490. The Labute approximate surface area is 74.4 Å². The van der Waals surface area contributed by atoms with Crippen molar-refractivity contribution in [3.8, 4) is 0 Å². The smallest absolute Gasteiger partial charge is 0 e. The third-order valence-corrected chi connectivity index (χ3v) is 0.749. The molecule has 0 N–H and O–H groups in total. The Bertz CT molecular complexity index is 138. The zero-order valence-electron chi connectivity index (χ0n) is 4.76. The molecule has 0 aliphatic heterocycles. The average molecular weight is 181 g/mol. The molecule has 1 rings (SSSR count). The van der Waals surface area contributed by atoms with E-state index in [9.17, 15) is 0 Å². The number of aromatic nitrogens is 1. The van der Waals surface area contributed by atoms with Crippen molar-refractivity contribution < 1.29 is 32.7 Å². The molecule has 0 saturated carbocycles. The van der Waals surface area contributed by atoms with E-state index in [0.29, 0.717) is 0 Å². The first-order valence-electron chi connectivity index (χ1n) is 2.19. The molecule has 0 aromatic carbocycles. The molecule has 0 unspecified atom stereocenters. The number of rotatable bonds is 0. The van der Waals surface area contributed by atoms with E-state index in [0.717, 1.165) is 5.69 Å². The maximum atomic E-state index is 3.85. The fourth-order valence-electron chi connectivity index (χ4n) is 0.407. The van der Waals surface area contributed by atoms with Crippen LogP contribution in [0.4, 0.5) is 0 Å². The molecule has 0 saturated heterocycles. The van der Waals surface area contributed by atoms with Crippen molar-refractivity contribution >= 4 is 0 Å². The van der Waals surface area contributed by atoms with Crippen molar-refractivity contribution in [1.29, 1.82) is 0 Å². The summed E-state index contributed by atoms with van der Waals surface area (Å²) >= 11 is 0. The van der Waals surface area contributed by atoms with E-state index in [1.54, 1.807) is 6.07 Å². The van der Waals surface area contributed by atoms with Crippen molar-refractivity contribution in [3.63, 3.8) is 0 Å². The van der Waals surface area contributed by atoms with Gasteiger partial charge in [0, 0.05) is 32.7 Å². The standard InChI is InChI=1S/C6H6N.Y/c1-6-4-2-3-5-7-6;/h2-4H,1H3;/q-1;. The number of nitrogens with zero attached hydrogens (tertiary/aromatic N) is 1. The van der Waals surface area contributed by atoms with Gasteiger partial charge in [-0.1, -0.05) is 18.8 Å². The van der Waals surface area contributed by atoms with Gasteiger partial charge in [-0.2, -0.15) is 18.2 Å². The van der Waals surface area contributed by atoms with Crippen molar-refractivity contribution in [2.75, 3.05) is 0 Å². The normalized spacial score (nSPS) is 7.62. The molecule has 39 valence electrons. The van der Waals surface area contributed by atoms with Gasteiger partial charge in [-0.25, -0.2) is 0 Å². The maximum Gasteiger partial charge on any atom is 0 e. The molecular weight excluding hydrogens is 175 g/mol. The minimum absolute atomic E-state index is 0. The first-order valence-corrected chi connectivity index (χ1v) is 2.19. The van der Waals surface area contributed by atoms with E-state index in [4.69, 9.17) is 0 Å². The fraction of sp³-hybridized carbons (Fsp3) is 0.167. The van der Waals surface area contributed by atoms with Gasteiger partial charge in [0.05, 0.1) is 0 Å². The third kappa shape index (κ3) is 2.53. The van der Waals surface area contributed by atoms with Crippen LogP contribution in [0, 0.1) is 13.1 Å². The quantitative estimate of drug-likeness (QED) is 0.547. The Hall–Kier alpha value is 0.254. The van der Waals surface area contributed by atoms with Crippen LogP contribution in [0.2, 0.25) is 0 Å². The summed E-state index contributed by atoms with van der Waals surface area (Å²) in [5, 5.41) is 0. The van der Waals surface area contributed by atoms with Gasteiger partial charge < -0.3 is 4.98 Å². The van der Waals surface area contributed by atoms with E-state index in [1.165, 1.54) is 0 Å². The van der Waals surface area contributed by atoms with Crippen LogP contribution in [0.1, 0.15) is 5.69 Å². The predicted molar refractivity (Wildman–Crippen MR) is 27.8 cm³/mol. The van der Waals surface area contributed by atoms with Gasteiger partial charge >= 0.3 is 0 Å². The molecule has 1 aromatic heterocycles. The molecule has 1 nitrogen and oxygen atoms in total. The fourth-order valence-corrected chi connectivity index (χ4v) is 0.407. The van der Waals surface area contributed by atoms with Gasteiger partial charge in [-0.15, -0.1) is 0 Å². The van der Waals surface area contributed by atoms with E-state index >= 15 is 0 Å². The first kappa shape index (κ1) is 8.25. The summed E-state index contributed by atoms with van der Waals surface area (Å²) in [4.78, 5) is 3.85. The van der Waals surface area contributed by atoms with E-state index in [-0.39, 0.29) is 32.7 Å². The van der Waals surface area contributed by atoms with Crippen LogP contribution in [0.15, 0.2) is 18.2 Å². The SMILES string of the molecule is Cc1ccc[c-]n1.[Y]. The van der Waals surface area contributed by atoms with Crippen LogP contribution >= 0.6 is 0 Å². The number of hydrogen-bond donors (Lipinski definition) is 0. The molecule has 0 bridgehead atoms. The summed E-state index contributed by atoms with van der Waals surface area (Å²) in [5.41, 5.74) is 1.02. The molecule has 1 aromatic rings. The van der Waals surface area contributed by atoms with Gasteiger partial charge in [0.1, 0.15) is 0 Å². The molecule has 0 aliphatic rings. The molecule has 0 fully saturated rings. The Kier molecular flexibility index (Phi) is 4.30. The second-order valence-corrected chi connectivity index (χ2v) is 1.41. The second-order valence-electron chi connectivity index (χ2n) is 1.41. The molecule has 0 amide bonds. The Morgan fingerprint density at radius 2 is 2.38 bits per heavy atom. The van der Waals surface area contributed by atoms with Crippen LogP contribution < -0.4 is 0 Å². The van der Waals surface area contributed by atoms with Gasteiger partial charge in [-0.05, 0) is 0 Å². The third-order valence-electron chi connectivity index (χ3n) is 0.749. The molecule has 0 atom stereocenters. The van der Waals surface area contributed by atoms with Gasteiger partial charge in [0.25, 0.3) is 0 Å². The summed E-state index contributed by atoms with van der Waals surface area (Å²) < 4.78 is 0. The zero-order valence-corrected chi connectivity index (χ0v) is 7.59. The molecule has 2 heteroatoms. The minimum atomic E-state index is 0. The van der Waals surface area contributed by atoms with E-state index in [2.05, 4.69) is 11.2 Å². The van der Waals surface area contributed by atoms with Crippen molar-refractivity contribution in [2.24, 2.45) is 0 Å². The van der Waals surface area contributed by atoms with Crippen LogP contribution in [0.3, 0.4) is 0 Å². The largest absolute Gasteiger partial charge is 0.391 e. The molecule has 0 aliphatic carbocycles. The molecule has 8 heavy (non-hydrogen) atoms.